The van der Waals surface area contributed by atoms with Gasteiger partial charge in [-0.3, -0.25) is 4.57 Å². The van der Waals surface area contributed by atoms with E-state index in [1.165, 1.54) is 17.2 Å². The van der Waals surface area contributed by atoms with Crippen molar-refractivity contribution in [2.45, 2.75) is 24.5 Å². The minimum absolute atomic E-state index is 0. The minimum Gasteiger partial charge on any atom is -0.790 e. The van der Waals surface area contributed by atoms with Crippen LogP contribution < -0.4 is 231 Å². The Balaban J connectivity index is -0.000000569. The zero-order valence-corrected chi connectivity index (χ0v) is 31.8. The number of nitrogen functional groups attached to an aromatic ring is 1. The van der Waals surface area contributed by atoms with E-state index in [-0.39, 0.29) is 211 Å². The van der Waals surface area contributed by atoms with Gasteiger partial charge in [-0.15, -0.1) is 0 Å². The average molecular weight is 598 g/mol. The maximum absolute atomic E-state index is 9.95. The fourth-order valence-electron chi connectivity index (χ4n) is 2.29. The molecule has 22 heteroatoms. The van der Waals surface area contributed by atoms with Crippen LogP contribution in [0.5, 0.6) is 0 Å². The van der Waals surface area contributed by atoms with E-state index in [9.17, 15) is 38.9 Å². The number of imidazole rings is 1. The van der Waals surface area contributed by atoms with Crippen LogP contribution in [-0.2, 0) is 18.2 Å². The number of hydrogen-bond acceptors (Lipinski definition) is 15. The normalized spacial score (nSPS) is 22.3. The number of aliphatic hydroxyl groups excluding tert-OH is 3. The predicted octanol–water partition coefficient (Wildman–Crippen LogP) is -17.3. The monoisotopic (exact) mass is 597 g/mol. The molecule has 5 N–H and O–H groups in total. The third kappa shape index (κ3) is 12.9. The van der Waals surface area contributed by atoms with Crippen molar-refractivity contribution in [3.05, 3.63) is 12.7 Å². The molecule has 2 aromatic rings. The second-order valence-corrected chi connectivity index (χ2v) is 7.73. The van der Waals surface area contributed by atoms with E-state index in [1.807, 2.05) is 0 Å². The van der Waals surface area contributed by atoms with Gasteiger partial charge in [0.05, 0.1) is 28.6 Å². The maximum atomic E-state index is 9.95. The van der Waals surface area contributed by atoms with Gasteiger partial charge >= 0.3 is 206 Å². The molecular formula is C10H13K4N5O11P2. The molecule has 3 heterocycles. The Morgan fingerprint density at radius 3 is 1.97 bits per heavy atom. The summed E-state index contributed by atoms with van der Waals surface area (Å²) in [5, 5.41) is 28.7. The predicted molar refractivity (Wildman–Crippen MR) is 79.0 cm³/mol. The summed E-state index contributed by atoms with van der Waals surface area (Å²) in [6.07, 6.45) is -1.42. The average Bonchev–Trinajstić information content (AvgIpc) is 3.08. The fraction of sp³-hybridized carbons (Fsp3) is 0.500. The molecule has 0 radical (unpaired) electrons. The smallest absolute Gasteiger partial charge is 0.790 e. The van der Waals surface area contributed by atoms with E-state index >= 15 is 0 Å². The SMILES string of the molecule is Nc1ncnc2c1ncn2[C@@H]1O[C@H](CO)[C@@H](O)[C@H]1O.O=P([O-])([O-])OP(=O)([O-])[O-].[K+].[K+].[K+].[K+]. The summed E-state index contributed by atoms with van der Waals surface area (Å²) in [7, 11) is -11.4. The van der Waals surface area contributed by atoms with Gasteiger partial charge in [0.1, 0.15) is 30.2 Å². The van der Waals surface area contributed by atoms with Crippen molar-refractivity contribution in [3.8, 4) is 0 Å². The van der Waals surface area contributed by atoms with E-state index in [0.29, 0.717) is 11.2 Å². The Hall–Kier alpha value is 5.00. The number of hydrogen-bond donors (Lipinski definition) is 4. The molecular weight excluding hydrogens is 584 g/mol. The van der Waals surface area contributed by atoms with Gasteiger partial charge in [0.25, 0.3) is 0 Å². The number of rotatable bonds is 4. The molecule has 0 unspecified atom stereocenters. The van der Waals surface area contributed by atoms with Crippen LogP contribution >= 0.6 is 15.6 Å². The van der Waals surface area contributed by atoms with Gasteiger partial charge in [-0.25, -0.2) is 15.0 Å². The molecule has 2 aromatic heterocycles. The molecule has 1 aliphatic rings. The fourth-order valence-corrected chi connectivity index (χ4v) is 3.27. The summed E-state index contributed by atoms with van der Waals surface area (Å²) in [6, 6.07) is 0. The maximum Gasteiger partial charge on any atom is 1.00 e. The van der Waals surface area contributed by atoms with E-state index in [1.54, 1.807) is 0 Å². The Morgan fingerprint density at radius 1 is 1.03 bits per heavy atom. The molecule has 158 valence electrons. The van der Waals surface area contributed by atoms with Crippen molar-refractivity contribution in [3.63, 3.8) is 0 Å². The van der Waals surface area contributed by atoms with Crippen LogP contribution in [0.3, 0.4) is 0 Å². The number of ether oxygens (including phenoxy) is 1. The number of anilines is 1. The first-order valence-corrected chi connectivity index (χ1v) is 10.1. The van der Waals surface area contributed by atoms with Crippen molar-refractivity contribution in [1.29, 1.82) is 0 Å². The summed E-state index contributed by atoms with van der Waals surface area (Å²) >= 11 is 0. The Kier molecular flexibility index (Phi) is 23.8. The quantitative estimate of drug-likeness (QED) is 0.188. The Morgan fingerprint density at radius 2 is 1.56 bits per heavy atom. The van der Waals surface area contributed by atoms with Crippen LogP contribution in [0.4, 0.5) is 5.82 Å². The second-order valence-electron chi connectivity index (χ2n) is 5.29. The number of nitrogens with two attached hydrogens (primary N) is 1. The molecule has 0 aliphatic carbocycles. The van der Waals surface area contributed by atoms with E-state index in [0.717, 1.165) is 0 Å². The van der Waals surface area contributed by atoms with Crippen LogP contribution in [0.1, 0.15) is 6.23 Å². The largest absolute Gasteiger partial charge is 1.00 e. The number of aromatic nitrogens is 4. The summed E-state index contributed by atoms with van der Waals surface area (Å²) in [5.41, 5.74) is 6.44. The van der Waals surface area contributed by atoms with Gasteiger partial charge in [0, 0.05) is 0 Å². The van der Waals surface area contributed by atoms with Gasteiger partial charge < -0.3 is 58.8 Å². The Bertz CT molecular complexity index is 910. The molecule has 3 rings (SSSR count). The summed E-state index contributed by atoms with van der Waals surface area (Å²) in [5.74, 6) is 0.218. The third-order valence-electron chi connectivity index (χ3n) is 3.38. The molecule has 0 aromatic carbocycles. The second kappa shape index (κ2) is 18.4. The molecule has 4 atom stereocenters. The van der Waals surface area contributed by atoms with Crippen molar-refractivity contribution in [2.24, 2.45) is 0 Å². The first kappa shape index (κ1) is 41.5. The summed E-state index contributed by atoms with van der Waals surface area (Å²) in [4.78, 5) is 49.2. The zero-order chi connectivity index (χ0) is 21.3. The van der Waals surface area contributed by atoms with Gasteiger partial charge in [-0.2, -0.15) is 0 Å². The van der Waals surface area contributed by atoms with Crippen LogP contribution in [0.15, 0.2) is 12.7 Å². The zero-order valence-electron chi connectivity index (χ0n) is 17.5. The first-order valence-electron chi connectivity index (χ1n) is 7.15. The van der Waals surface area contributed by atoms with Crippen molar-refractivity contribution < 1.29 is 259 Å². The minimum atomic E-state index is -5.68. The van der Waals surface area contributed by atoms with Crippen LogP contribution in [0.2, 0.25) is 0 Å². The molecule has 0 spiro atoms. The number of phosphoric acid groups is 2. The molecule has 0 amide bonds. The summed E-state index contributed by atoms with van der Waals surface area (Å²) in [6.45, 7) is -0.390. The molecule has 1 fully saturated rings. The standard InChI is InChI=1S/C10H13N5O4.4K.H4O7P2/c11-8-5-9(13-2-12-8)15(3-14-5)10-7(18)6(17)4(1-16)19-10;;;;;1-8(2,3)7-9(4,5)6/h2-4,6-7,10,16-18H,1H2,(H2,11,12,13);;;;;(H2,1,2,3)(H2,4,5,6)/q;4*+1;/p-4/t4-,6-,7-,10-;;;;;/m1...../s1. The van der Waals surface area contributed by atoms with Gasteiger partial charge in [-0.1, -0.05) is 0 Å². The van der Waals surface area contributed by atoms with Crippen molar-refractivity contribution in [1.82, 2.24) is 19.5 Å². The van der Waals surface area contributed by atoms with E-state index in [4.69, 9.17) is 15.6 Å². The van der Waals surface area contributed by atoms with Gasteiger partial charge in [-0.05, 0) is 0 Å². The van der Waals surface area contributed by atoms with Crippen molar-refractivity contribution >= 4 is 32.6 Å². The van der Waals surface area contributed by atoms with Gasteiger partial charge in [0.2, 0.25) is 0 Å². The van der Waals surface area contributed by atoms with Crippen LogP contribution in [0, 0.1) is 0 Å². The number of nitrogens with zero attached hydrogens (tertiary/aromatic N) is 4. The molecule has 1 aliphatic heterocycles. The van der Waals surface area contributed by atoms with E-state index in [2.05, 4.69) is 19.3 Å². The number of aliphatic hydroxyl groups is 3. The molecule has 0 bridgehead atoms. The molecule has 0 saturated carbocycles. The van der Waals surface area contributed by atoms with Crippen LogP contribution in [0.25, 0.3) is 11.2 Å². The molecule has 16 nitrogen and oxygen atoms in total. The van der Waals surface area contributed by atoms with Crippen LogP contribution in [-0.4, -0.2) is 59.8 Å². The molecule has 32 heavy (non-hydrogen) atoms. The summed E-state index contributed by atoms with van der Waals surface area (Å²) < 4.78 is 28.0. The molecule has 1 saturated heterocycles. The first-order chi connectivity index (χ1) is 12.8. The topological polar surface area (TPSA) is 275 Å². The number of fused-ring (bicyclic) bond motifs is 1. The van der Waals surface area contributed by atoms with Gasteiger partial charge in [0.15, 0.2) is 17.7 Å². The Labute approximate surface area is 351 Å². The van der Waals surface area contributed by atoms with Crippen molar-refractivity contribution in [2.75, 3.05) is 12.3 Å². The van der Waals surface area contributed by atoms with E-state index < -0.39 is 46.8 Å². The third-order valence-corrected chi connectivity index (χ3v) is 4.98.